The summed E-state index contributed by atoms with van der Waals surface area (Å²) in [6, 6.07) is 1.35. The Morgan fingerprint density at radius 3 is 1.52 bits per heavy atom. The van der Waals surface area contributed by atoms with Crippen molar-refractivity contribution < 1.29 is 49.0 Å². The van der Waals surface area contributed by atoms with E-state index in [9.17, 15) is 34.8 Å². The molecule has 3 rings (SSSR count). The molecule has 0 saturated carbocycles. The fraction of sp³-hybridized carbons (Fsp3) is 0.300. The Labute approximate surface area is 231 Å². The third-order valence-electron chi connectivity index (χ3n) is 7.34. The van der Waals surface area contributed by atoms with E-state index in [1.807, 2.05) is 0 Å². The molecule has 0 spiro atoms. The fourth-order valence-electron chi connectivity index (χ4n) is 4.71. The van der Waals surface area contributed by atoms with Crippen LogP contribution in [0.4, 0.5) is 0 Å². The van der Waals surface area contributed by atoms with E-state index >= 15 is 0 Å². The van der Waals surface area contributed by atoms with Gasteiger partial charge in [0.15, 0.2) is 0 Å². The molecule has 0 heterocycles. The van der Waals surface area contributed by atoms with Crippen LogP contribution in [0.2, 0.25) is 0 Å². The van der Waals surface area contributed by atoms with Gasteiger partial charge in [-0.05, 0) is 89.3 Å². The van der Waals surface area contributed by atoms with Crippen molar-refractivity contribution in [2.75, 3.05) is 7.11 Å². The van der Waals surface area contributed by atoms with Crippen LogP contribution < -0.4 is 14.2 Å². The molecule has 3 aromatic carbocycles. The maximum absolute atomic E-state index is 13.5. The standard InChI is InChI=1S/C30H32O10/c1-11-10-19(31)16(6)23(32)20(11)29(36)40-26-15(5)13(3)22(27(38-9)18(26)8)30(37)39-25-14(4)12(2)21(28(34)35)24(33)17(25)7/h10,31-33H,1-9H3,(H,34,35). The molecule has 10 heteroatoms. The molecule has 0 fully saturated rings. The van der Waals surface area contributed by atoms with Crippen molar-refractivity contribution in [3.63, 3.8) is 0 Å². The minimum absolute atomic E-state index is 0.0194. The number of aromatic hydroxyl groups is 3. The van der Waals surface area contributed by atoms with Crippen molar-refractivity contribution in [1.82, 2.24) is 0 Å². The van der Waals surface area contributed by atoms with Gasteiger partial charge < -0.3 is 34.6 Å². The number of phenols is 3. The summed E-state index contributed by atoms with van der Waals surface area (Å²) in [4.78, 5) is 38.3. The quantitative estimate of drug-likeness (QED) is 0.230. The van der Waals surface area contributed by atoms with Crippen LogP contribution in [0.25, 0.3) is 0 Å². The second-order valence-corrected chi connectivity index (χ2v) is 9.69. The highest BCUT2D eigenvalue weighted by Crippen LogP contribution is 2.42. The maximum Gasteiger partial charge on any atom is 0.347 e. The first kappa shape index (κ1) is 29.8. The number of ether oxygens (including phenoxy) is 3. The lowest BCUT2D eigenvalue weighted by molar-refractivity contribution is 0.0689. The van der Waals surface area contributed by atoms with Gasteiger partial charge in [-0.15, -0.1) is 0 Å². The summed E-state index contributed by atoms with van der Waals surface area (Å²) < 4.78 is 16.9. The van der Waals surface area contributed by atoms with Gasteiger partial charge in [-0.3, -0.25) is 0 Å². The molecule has 0 aromatic heterocycles. The predicted molar refractivity (Wildman–Crippen MR) is 146 cm³/mol. The predicted octanol–water partition coefficient (Wildman–Crippen LogP) is 5.42. The number of carboxylic acid groups (broad SMARTS) is 1. The van der Waals surface area contributed by atoms with Gasteiger partial charge in [0, 0.05) is 16.7 Å². The lowest BCUT2D eigenvalue weighted by Gasteiger charge is -2.22. The molecule has 0 bridgehead atoms. The van der Waals surface area contributed by atoms with E-state index < -0.39 is 29.4 Å². The lowest BCUT2D eigenvalue weighted by atomic mass is 9.95. The number of benzene rings is 3. The highest BCUT2D eigenvalue weighted by Gasteiger charge is 2.30. The summed E-state index contributed by atoms with van der Waals surface area (Å²) in [7, 11) is 1.34. The van der Waals surface area contributed by atoms with E-state index in [-0.39, 0.29) is 56.4 Å². The number of hydrogen-bond donors (Lipinski definition) is 4. The minimum atomic E-state index is -1.31. The molecule has 0 aliphatic rings. The minimum Gasteiger partial charge on any atom is -0.508 e. The van der Waals surface area contributed by atoms with E-state index in [0.29, 0.717) is 27.8 Å². The Bertz CT molecular complexity index is 1570. The topological polar surface area (TPSA) is 160 Å². The van der Waals surface area contributed by atoms with Crippen LogP contribution in [0.15, 0.2) is 6.07 Å². The molecular weight excluding hydrogens is 520 g/mol. The lowest BCUT2D eigenvalue weighted by Crippen LogP contribution is -2.18. The number of phenolic OH excluding ortho intramolecular Hbond substituents is 2. The maximum atomic E-state index is 13.5. The van der Waals surface area contributed by atoms with Crippen molar-refractivity contribution in [2.24, 2.45) is 0 Å². The molecule has 0 unspecified atom stereocenters. The number of aryl methyl sites for hydroxylation is 1. The van der Waals surface area contributed by atoms with Crippen LogP contribution in [-0.4, -0.2) is 45.4 Å². The van der Waals surface area contributed by atoms with E-state index in [1.54, 1.807) is 34.6 Å². The zero-order valence-corrected chi connectivity index (χ0v) is 23.8. The molecule has 3 aromatic rings. The summed E-state index contributed by atoms with van der Waals surface area (Å²) in [6.45, 7) is 12.4. The van der Waals surface area contributed by atoms with Gasteiger partial charge in [0.2, 0.25) is 0 Å². The molecule has 0 aliphatic heterocycles. The molecule has 0 amide bonds. The van der Waals surface area contributed by atoms with Crippen LogP contribution in [0.5, 0.6) is 34.5 Å². The average molecular weight is 553 g/mol. The smallest absolute Gasteiger partial charge is 0.347 e. The largest absolute Gasteiger partial charge is 0.508 e. The Balaban J connectivity index is 2.11. The Hall–Kier alpha value is -4.73. The number of carboxylic acids is 1. The van der Waals surface area contributed by atoms with Crippen molar-refractivity contribution in [3.8, 4) is 34.5 Å². The highest BCUT2D eigenvalue weighted by molar-refractivity contribution is 6.00. The van der Waals surface area contributed by atoms with Gasteiger partial charge in [-0.1, -0.05) is 0 Å². The summed E-state index contributed by atoms with van der Waals surface area (Å²) in [6.07, 6.45) is 0. The fourth-order valence-corrected chi connectivity index (χ4v) is 4.71. The molecule has 0 aliphatic carbocycles. The van der Waals surface area contributed by atoms with Gasteiger partial charge in [-0.25, -0.2) is 14.4 Å². The number of carbonyl (C=O) groups is 3. The van der Waals surface area contributed by atoms with Crippen molar-refractivity contribution >= 4 is 17.9 Å². The molecule has 0 saturated heterocycles. The number of rotatable bonds is 6. The molecule has 212 valence electrons. The van der Waals surface area contributed by atoms with Crippen LogP contribution in [0, 0.1) is 55.4 Å². The molecule has 10 nitrogen and oxygen atoms in total. The number of esters is 2. The van der Waals surface area contributed by atoms with Crippen LogP contribution >= 0.6 is 0 Å². The van der Waals surface area contributed by atoms with Gasteiger partial charge in [-0.2, -0.15) is 0 Å². The summed E-state index contributed by atoms with van der Waals surface area (Å²) >= 11 is 0. The van der Waals surface area contributed by atoms with E-state index in [4.69, 9.17) is 14.2 Å². The SMILES string of the molecule is COc1c(C)c(OC(=O)c2c(C)cc(O)c(C)c2O)c(C)c(C)c1C(=O)Oc1c(C)c(C)c(C(=O)O)c(O)c1C. The summed E-state index contributed by atoms with van der Waals surface area (Å²) in [5.74, 6) is -3.84. The Morgan fingerprint density at radius 2 is 1.02 bits per heavy atom. The van der Waals surface area contributed by atoms with Crippen LogP contribution in [-0.2, 0) is 0 Å². The zero-order valence-electron chi connectivity index (χ0n) is 23.8. The van der Waals surface area contributed by atoms with Gasteiger partial charge in [0.25, 0.3) is 0 Å². The van der Waals surface area contributed by atoms with Crippen molar-refractivity contribution in [1.29, 1.82) is 0 Å². The zero-order chi connectivity index (χ0) is 30.4. The first-order valence-electron chi connectivity index (χ1n) is 12.3. The summed E-state index contributed by atoms with van der Waals surface area (Å²) in [5, 5.41) is 40.4. The van der Waals surface area contributed by atoms with E-state index in [0.717, 1.165) is 0 Å². The second-order valence-electron chi connectivity index (χ2n) is 9.69. The van der Waals surface area contributed by atoms with Crippen LogP contribution in [0.1, 0.15) is 75.6 Å². The van der Waals surface area contributed by atoms with Crippen LogP contribution in [0.3, 0.4) is 0 Å². The summed E-state index contributed by atoms with van der Waals surface area (Å²) in [5.41, 5.74) is 1.94. The first-order chi connectivity index (χ1) is 18.6. The number of carbonyl (C=O) groups excluding carboxylic acids is 2. The molecule has 0 atom stereocenters. The van der Waals surface area contributed by atoms with Gasteiger partial charge in [0.05, 0.1) is 7.11 Å². The van der Waals surface area contributed by atoms with Crippen molar-refractivity contribution in [3.05, 3.63) is 67.3 Å². The van der Waals surface area contributed by atoms with Gasteiger partial charge >= 0.3 is 17.9 Å². The Morgan fingerprint density at radius 1 is 0.575 bits per heavy atom. The molecule has 0 radical (unpaired) electrons. The molecule has 4 N–H and O–H groups in total. The highest BCUT2D eigenvalue weighted by atomic mass is 16.5. The normalized spacial score (nSPS) is 10.8. The number of aromatic carboxylic acids is 1. The van der Waals surface area contributed by atoms with Crippen molar-refractivity contribution in [2.45, 2.75) is 55.4 Å². The molecular formula is C30H32O10. The third kappa shape index (κ3) is 4.76. The first-order valence-corrected chi connectivity index (χ1v) is 12.3. The monoisotopic (exact) mass is 552 g/mol. The molecule has 40 heavy (non-hydrogen) atoms. The second kappa shape index (κ2) is 10.8. The third-order valence-corrected chi connectivity index (χ3v) is 7.34. The number of hydrogen-bond acceptors (Lipinski definition) is 9. The number of methoxy groups -OCH3 is 1. The van der Waals surface area contributed by atoms with Gasteiger partial charge in [0.1, 0.15) is 51.2 Å². The van der Waals surface area contributed by atoms with E-state index in [2.05, 4.69) is 0 Å². The average Bonchev–Trinajstić information content (AvgIpc) is 2.88. The Kier molecular flexibility index (Phi) is 8.05. The van der Waals surface area contributed by atoms with E-state index in [1.165, 1.54) is 33.9 Å².